The van der Waals surface area contributed by atoms with Gasteiger partial charge in [0.2, 0.25) is 21.8 Å². The van der Waals surface area contributed by atoms with Gasteiger partial charge in [0, 0.05) is 19.2 Å². The van der Waals surface area contributed by atoms with Crippen molar-refractivity contribution in [2.45, 2.75) is 30.7 Å². The average molecular weight is 459 g/mol. The van der Waals surface area contributed by atoms with Crippen LogP contribution in [0.1, 0.15) is 30.8 Å². The molecular weight excluding hydrogens is 436 g/mol. The third-order valence-electron chi connectivity index (χ3n) is 5.07. The first kappa shape index (κ1) is 21.4. The second kappa shape index (κ2) is 8.74. The SMILES string of the molecule is CC(=O)Nc1ccc(S(=O)(=O)NCC(=O)N2CCCC2c2nc3ccccc3s2)cc1. The maximum Gasteiger partial charge on any atom is 0.241 e. The summed E-state index contributed by atoms with van der Waals surface area (Å²) >= 11 is 1.57. The highest BCUT2D eigenvalue weighted by molar-refractivity contribution is 7.89. The molecule has 2 heterocycles. The summed E-state index contributed by atoms with van der Waals surface area (Å²) in [6, 6.07) is 13.5. The van der Waals surface area contributed by atoms with Gasteiger partial charge in [0.25, 0.3) is 0 Å². The summed E-state index contributed by atoms with van der Waals surface area (Å²) in [6.07, 6.45) is 1.66. The molecule has 2 aromatic carbocycles. The maximum absolute atomic E-state index is 12.8. The Balaban J connectivity index is 1.43. The maximum atomic E-state index is 12.8. The second-order valence-corrected chi connectivity index (χ2v) is 10.1. The zero-order valence-corrected chi connectivity index (χ0v) is 18.5. The minimum Gasteiger partial charge on any atom is -0.332 e. The number of sulfonamides is 1. The zero-order chi connectivity index (χ0) is 22.0. The number of thiazole rings is 1. The molecule has 2 amide bonds. The molecule has 162 valence electrons. The van der Waals surface area contributed by atoms with Gasteiger partial charge in [0.15, 0.2) is 0 Å². The van der Waals surface area contributed by atoms with Crippen molar-refractivity contribution in [3.8, 4) is 0 Å². The Morgan fingerprint density at radius 3 is 2.61 bits per heavy atom. The van der Waals surface area contributed by atoms with Crippen LogP contribution in [0.3, 0.4) is 0 Å². The van der Waals surface area contributed by atoms with Crippen LogP contribution in [0.15, 0.2) is 53.4 Å². The first-order chi connectivity index (χ1) is 14.8. The number of amides is 2. The smallest absolute Gasteiger partial charge is 0.241 e. The van der Waals surface area contributed by atoms with Gasteiger partial charge in [-0.15, -0.1) is 11.3 Å². The lowest BCUT2D eigenvalue weighted by atomic mass is 10.2. The average Bonchev–Trinajstić information content (AvgIpc) is 3.38. The Morgan fingerprint density at radius 1 is 1.16 bits per heavy atom. The van der Waals surface area contributed by atoms with E-state index in [2.05, 4.69) is 15.0 Å². The van der Waals surface area contributed by atoms with Crippen LogP contribution in [0, 0.1) is 0 Å². The van der Waals surface area contributed by atoms with Crippen molar-refractivity contribution in [2.75, 3.05) is 18.4 Å². The van der Waals surface area contributed by atoms with Crippen LogP contribution >= 0.6 is 11.3 Å². The Hall–Kier alpha value is -2.82. The number of carbonyl (C=O) groups is 2. The van der Waals surface area contributed by atoms with Gasteiger partial charge in [-0.1, -0.05) is 12.1 Å². The molecule has 2 N–H and O–H groups in total. The summed E-state index contributed by atoms with van der Waals surface area (Å²) in [7, 11) is -3.86. The number of carbonyl (C=O) groups excluding carboxylic acids is 2. The molecule has 8 nitrogen and oxygen atoms in total. The van der Waals surface area contributed by atoms with Crippen LogP contribution in [0.4, 0.5) is 5.69 Å². The minimum atomic E-state index is -3.86. The van der Waals surface area contributed by atoms with Crippen LogP contribution in [-0.2, 0) is 19.6 Å². The topological polar surface area (TPSA) is 108 Å². The van der Waals surface area contributed by atoms with Gasteiger partial charge >= 0.3 is 0 Å². The van der Waals surface area contributed by atoms with Crippen molar-refractivity contribution >= 4 is 49.1 Å². The lowest BCUT2D eigenvalue weighted by Crippen LogP contribution is -2.39. The molecule has 1 aromatic heterocycles. The highest BCUT2D eigenvalue weighted by atomic mass is 32.2. The summed E-state index contributed by atoms with van der Waals surface area (Å²) in [5, 5.41) is 3.46. The van der Waals surface area contributed by atoms with E-state index < -0.39 is 10.0 Å². The van der Waals surface area contributed by atoms with Crippen LogP contribution in [0.25, 0.3) is 10.2 Å². The Kier molecular flexibility index (Phi) is 6.03. The van der Waals surface area contributed by atoms with E-state index in [1.54, 1.807) is 16.2 Å². The predicted octanol–water partition coefficient (Wildman–Crippen LogP) is 2.90. The van der Waals surface area contributed by atoms with Gasteiger partial charge in [-0.05, 0) is 49.2 Å². The molecule has 1 aliphatic rings. The monoisotopic (exact) mass is 458 g/mol. The molecule has 1 atom stereocenters. The number of anilines is 1. The Labute approximate surface area is 184 Å². The van der Waals surface area contributed by atoms with E-state index in [1.807, 2.05) is 24.3 Å². The van der Waals surface area contributed by atoms with Gasteiger partial charge < -0.3 is 10.2 Å². The van der Waals surface area contributed by atoms with E-state index in [9.17, 15) is 18.0 Å². The summed E-state index contributed by atoms with van der Waals surface area (Å²) in [4.78, 5) is 30.3. The third kappa shape index (κ3) is 4.76. The molecule has 4 rings (SSSR count). The third-order valence-corrected chi connectivity index (χ3v) is 7.62. The number of fused-ring (bicyclic) bond motifs is 1. The van der Waals surface area contributed by atoms with Crippen molar-refractivity contribution in [1.82, 2.24) is 14.6 Å². The summed E-state index contributed by atoms with van der Waals surface area (Å²) in [6.45, 7) is 1.63. The fraction of sp³-hybridized carbons (Fsp3) is 0.286. The van der Waals surface area contributed by atoms with Crippen molar-refractivity contribution in [3.63, 3.8) is 0 Å². The van der Waals surface area contributed by atoms with Crippen LogP contribution in [-0.4, -0.2) is 43.2 Å². The summed E-state index contributed by atoms with van der Waals surface area (Å²) < 4.78 is 28.6. The largest absolute Gasteiger partial charge is 0.332 e. The number of aromatic nitrogens is 1. The minimum absolute atomic E-state index is 0.0264. The first-order valence-corrected chi connectivity index (χ1v) is 12.2. The quantitative estimate of drug-likeness (QED) is 0.590. The zero-order valence-electron chi connectivity index (χ0n) is 16.9. The standard InChI is InChI=1S/C21H22N4O4S2/c1-14(26)23-15-8-10-16(11-9-15)31(28,29)22-13-20(27)25-12-4-6-18(25)21-24-17-5-2-3-7-19(17)30-21/h2-3,5,7-11,18,22H,4,6,12-13H2,1H3,(H,23,26). The molecule has 0 aliphatic carbocycles. The van der Waals surface area contributed by atoms with Gasteiger partial charge in [0.05, 0.1) is 27.7 Å². The molecule has 0 radical (unpaired) electrons. The fourth-order valence-corrected chi connectivity index (χ4v) is 5.71. The Bertz CT molecular complexity index is 1190. The number of likely N-dealkylation sites (tertiary alicyclic amines) is 1. The molecule has 10 heteroatoms. The molecule has 1 unspecified atom stereocenters. The second-order valence-electron chi connectivity index (χ2n) is 7.30. The molecule has 31 heavy (non-hydrogen) atoms. The normalized spacial score (nSPS) is 16.5. The van der Waals surface area contributed by atoms with E-state index in [0.717, 1.165) is 28.1 Å². The Morgan fingerprint density at radius 2 is 1.90 bits per heavy atom. The number of hydrogen-bond donors (Lipinski definition) is 2. The van der Waals surface area contributed by atoms with Crippen molar-refractivity contribution in [1.29, 1.82) is 0 Å². The molecule has 0 spiro atoms. The number of hydrogen-bond acceptors (Lipinski definition) is 6. The van der Waals surface area contributed by atoms with E-state index in [4.69, 9.17) is 0 Å². The summed E-state index contributed by atoms with van der Waals surface area (Å²) in [5.74, 6) is -0.521. The number of nitrogens with zero attached hydrogens (tertiary/aromatic N) is 2. The van der Waals surface area contributed by atoms with Crippen molar-refractivity contribution < 1.29 is 18.0 Å². The molecule has 1 aliphatic heterocycles. The highest BCUT2D eigenvalue weighted by Gasteiger charge is 2.32. The summed E-state index contributed by atoms with van der Waals surface area (Å²) in [5.41, 5.74) is 1.41. The number of benzene rings is 2. The lowest BCUT2D eigenvalue weighted by Gasteiger charge is -2.23. The predicted molar refractivity (Wildman–Crippen MR) is 119 cm³/mol. The van der Waals surface area contributed by atoms with Gasteiger partial charge in [-0.25, -0.2) is 18.1 Å². The van der Waals surface area contributed by atoms with Crippen LogP contribution in [0.5, 0.6) is 0 Å². The molecule has 1 fully saturated rings. The molecule has 1 saturated heterocycles. The van der Waals surface area contributed by atoms with E-state index in [0.29, 0.717) is 12.2 Å². The van der Waals surface area contributed by atoms with Crippen LogP contribution in [0.2, 0.25) is 0 Å². The van der Waals surface area contributed by atoms with Gasteiger partial charge in [-0.2, -0.15) is 0 Å². The number of para-hydroxylation sites is 1. The molecule has 3 aromatic rings. The fourth-order valence-electron chi connectivity index (χ4n) is 3.62. The lowest BCUT2D eigenvalue weighted by molar-refractivity contribution is -0.130. The van der Waals surface area contributed by atoms with Gasteiger partial charge in [0.1, 0.15) is 5.01 Å². The van der Waals surface area contributed by atoms with Crippen molar-refractivity contribution in [2.24, 2.45) is 0 Å². The van der Waals surface area contributed by atoms with Crippen LogP contribution < -0.4 is 10.0 Å². The molecule has 0 bridgehead atoms. The number of nitrogens with one attached hydrogen (secondary N) is 2. The van der Waals surface area contributed by atoms with E-state index in [-0.39, 0.29) is 29.3 Å². The van der Waals surface area contributed by atoms with Crippen molar-refractivity contribution in [3.05, 3.63) is 53.5 Å². The first-order valence-electron chi connectivity index (χ1n) is 9.86. The van der Waals surface area contributed by atoms with Gasteiger partial charge in [-0.3, -0.25) is 9.59 Å². The van der Waals surface area contributed by atoms with E-state index in [1.165, 1.54) is 31.2 Å². The van der Waals surface area contributed by atoms with E-state index >= 15 is 0 Å². The highest BCUT2D eigenvalue weighted by Crippen LogP contribution is 2.36. The molecular formula is C21H22N4O4S2. The number of rotatable bonds is 6. The molecule has 0 saturated carbocycles.